The Morgan fingerprint density at radius 2 is 2.04 bits per heavy atom. The first-order valence-corrected chi connectivity index (χ1v) is 8.76. The van der Waals surface area contributed by atoms with Crippen molar-refractivity contribution in [2.24, 2.45) is 16.8 Å². The van der Waals surface area contributed by atoms with Crippen LogP contribution in [0.3, 0.4) is 0 Å². The Morgan fingerprint density at radius 1 is 1.31 bits per heavy atom. The van der Waals surface area contributed by atoms with Gasteiger partial charge < -0.3 is 5.73 Å². The van der Waals surface area contributed by atoms with Crippen molar-refractivity contribution in [3.8, 4) is 11.8 Å². The Balaban J connectivity index is 2.40. The maximum absolute atomic E-state index is 11.0. The van der Waals surface area contributed by atoms with Gasteiger partial charge >= 0.3 is 0 Å². The number of hydrogen-bond donors (Lipinski definition) is 1. The SMILES string of the molecule is C=CC/C1=C(N)/C=C\C(C(C)(C)c2ccc(N=O)c(CC=C)c2)C#CC1. The van der Waals surface area contributed by atoms with Gasteiger partial charge in [0.25, 0.3) is 0 Å². The van der Waals surface area contributed by atoms with Crippen molar-refractivity contribution >= 4 is 5.69 Å². The first-order chi connectivity index (χ1) is 12.4. The Morgan fingerprint density at radius 3 is 2.69 bits per heavy atom. The number of allylic oxidation sites excluding steroid dienone is 5. The lowest BCUT2D eigenvalue weighted by molar-refractivity contribution is 0.455. The third-order valence-corrected chi connectivity index (χ3v) is 4.89. The van der Waals surface area contributed by atoms with E-state index in [9.17, 15) is 4.91 Å². The summed E-state index contributed by atoms with van der Waals surface area (Å²) in [6.07, 6.45) is 9.69. The Kier molecular flexibility index (Phi) is 6.36. The van der Waals surface area contributed by atoms with Gasteiger partial charge in [0.2, 0.25) is 0 Å². The molecule has 0 aliphatic heterocycles. The van der Waals surface area contributed by atoms with E-state index in [1.165, 1.54) is 0 Å². The smallest absolute Gasteiger partial charge is 0.111 e. The fraction of sp³-hybridized carbons (Fsp3) is 0.304. The average molecular weight is 346 g/mol. The van der Waals surface area contributed by atoms with Crippen LogP contribution >= 0.6 is 0 Å². The summed E-state index contributed by atoms with van der Waals surface area (Å²) < 4.78 is 0. The minimum Gasteiger partial charge on any atom is -0.399 e. The lowest BCUT2D eigenvalue weighted by Gasteiger charge is -2.31. The molecule has 1 aromatic carbocycles. The van der Waals surface area contributed by atoms with Crippen LogP contribution in [0, 0.1) is 22.7 Å². The zero-order valence-corrected chi connectivity index (χ0v) is 15.6. The Labute approximate surface area is 156 Å². The zero-order valence-electron chi connectivity index (χ0n) is 15.6. The van der Waals surface area contributed by atoms with Gasteiger partial charge in [0.05, 0.1) is 0 Å². The maximum Gasteiger partial charge on any atom is 0.111 e. The fourth-order valence-electron chi connectivity index (χ4n) is 3.09. The summed E-state index contributed by atoms with van der Waals surface area (Å²) in [5, 5.41) is 3.12. The van der Waals surface area contributed by atoms with Crippen LogP contribution in [-0.4, -0.2) is 0 Å². The van der Waals surface area contributed by atoms with E-state index in [2.05, 4.69) is 50.1 Å². The molecule has 26 heavy (non-hydrogen) atoms. The molecule has 1 aliphatic rings. The predicted octanol–water partition coefficient (Wildman–Crippen LogP) is 5.46. The van der Waals surface area contributed by atoms with Crippen molar-refractivity contribution in [3.63, 3.8) is 0 Å². The Hall–Kier alpha value is -2.86. The molecular formula is C23H26N2O. The van der Waals surface area contributed by atoms with E-state index in [0.29, 0.717) is 18.5 Å². The second-order valence-corrected chi connectivity index (χ2v) is 7.04. The zero-order chi connectivity index (χ0) is 19.2. The first-order valence-electron chi connectivity index (χ1n) is 8.76. The Bertz CT molecular complexity index is 831. The molecule has 0 radical (unpaired) electrons. The topological polar surface area (TPSA) is 55.4 Å². The second-order valence-electron chi connectivity index (χ2n) is 7.04. The van der Waals surface area contributed by atoms with Gasteiger partial charge in [0, 0.05) is 23.5 Å². The quantitative estimate of drug-likeness (QED) is 0.405. The molecular weight excluding hydrogens is 320 g/mol. The maximum atomic E-state index is 11.0. The van der Waals surface area contributed by atoms with Gasteiger partial charge in [-0.2, -0.15) is 0 Å². The average Bonchev–Trinajstić information content (AvgIpc) is 2.61. The van der Waals surface area contributed by atoms with Crippen LogP contribution in [0.25, 0.3) is 0 Å². The van der Waals surface area contributed by atoms with Crippen molar-refractivity contribution in [1.29, 1.82) is 0 Å². The highest BCUT2D eigenvalue weighted by Crippen LogP contribution is 2.36. The molecule has 2 N–H and O–H groups in total. The molecule has 0 spiro atoms. The number of nitrogens with two attached hydrogens (primary N) is 1. The van der Waals surface area contributed by atoms with Crippen molar-refractivity contribution in [2.45, 2.75) is 38.5 Å². The number of nitroso groups, excluding NO2 is 1. The molecule has 0 saturated carbocycles. The van der Waals surface area contributed by atoms with Crippen LogP contribution in [0.4, 0.5) is 5.69 Å². The molecule has 1 unspecified atom stereocenters. The standard InChI is InChI=1S/C23H26N2O/c1-5-8-17-10-7-11-19(12-14-21(17)24)23(3,4)20-13-15-22(25-26)18(16-20)9-6-2/h5-6,12-16,19H,1-2,8-10,24H2,3-4H3/b14-12-,21-17+. The highest BCUT2D eigenvalue weighted by molar-refractivity contribution is 5.51. The molecule has 0 aromatic heterocycles. The first kappa shape index (κ1) is 19.5. The molecule has 3 heteroatoms. The van der Waals surface area contributed by atoms with Gasteiger partial charge in [0.1, 0.15) is 5.69 Å². The molecule has 1 atom stereocenters. The van der Waals surface area contributed by atoms with E-state index in [1.54, 1.807) is 12.1 Å². The third-order valence-electron chi connectivity index (χ3n) is 4.89. The van der Waals surface area contributed by atoms with Crippen molar-refractivity contribution in [1.82, 2.24) is 0 Å². The van der Waals surface area contributed by atoms with E-state index < -0.39 is 0 Å². The number of rotatable bonds is 7. The molecule has 0 heterocycles. The van der Waals surface area contributed by atoms with Gasteiger partial charge in [0.15, 0.2) is 0 Å². The highest BCUT2D eigenvalue weighted by Gasteiger charge is 2.29. The van der Waals surface area contributed by atoms with Crippen molar-refractivity contribution in [2.75, 3.05) is 0 Å². The summed E-state index contributed by atoms with van der Waals surface area (Å²) in [7, 11) is 0. The van der Waals surface area contributed by atoms with Crippen LogP contribution < -0.4 is 5.73 Å². The largest absolute Gasteiger partial charge is 0.399 e. The summed E-state index contributed by atoms with van der Waals surface area (Å²) in [6.45, 7) is 11.9. The molecule has 1 aliphatic carbocycles. The minimum absolute atomic E-state index is 0.0120. The molecule has 0 bridgehead atoms. The van der Waals surface area contributed by atoms with Crippen LogP contribution in [0.1, 0.15) is 37.8 Å². The van der Waals surface area contributed by atoms with Gasteiger partial charge in [-0.05, 0) is 46.9 Å². The van der Waals surface area contributed by atoms with Crippen molar-refractivity contribution < 1.29 is 0 Å². The number of benzene rings is 1. The van der Waals surface area contributed by atoms with Gasteiger partial charge in [-0.3, -0.25) is 0 Å². The van der Waals surface area contributed by atoms with Gasteiger partial charge in [-0.15, -0.1) is 18.1 Å². The van der Waals surface area contributed by atoms with E-state index in [1.807, 2.05) is 24.3 Å². The van der Waals surface area contributed by atoms with Gasteiger partial charge in [-0.25, -0.2) is 0 Å². The van der Waals surface area contributed by atoms with E-state index in [-0.39, 0.29) is 11.3 Å². The third kappa shape index (κ3) is 4.21. The fourth-order valence-corrected chi connectivity index (χ4v) is 3.09. The molecule has 2 rings (SSSR count). The number of hydrogen-bond acceptors (Lipinski definition) is 3. The monoisotopic (exact) mass is 346 g/mol. The minimum atomic E-state index is -0.239. The van der Waals surface area contributed by atoms with E-state index >= 15 is 0 Å². The highest BCUT2D eigenvalue weighted by atomic mass is 16.3. The van der Waals surface area contributed by atoms with Crippen LogP contribution in [0.5, 0.6) is 0 Å². The number of nitrogens with zero attached hydrogens (tertiary/aromatic N) is 1. The van der Waals surface area contributed by atoms with Gasteiger partial charge in [-0.1, -0.05) is 56.0 Å². The molecule has 0 fully saturated rings. The molecule has 1 aromatic rings. The summed E-state index contributed by atoms with van der Waals surface area (Å²) >= 11 is 0. The summed E-state index contributed by atoms with van der Waals surface area (Å²) in [5.41, 5.74) is 10.3. The van der Waals surface area contributed by atoms with Crippen molar-refractivity contribution in [3.05, 3.63) is 83.0 Å². The van der Waals surface area contributed by atoms with E-state index in [0.717, 1.165) is 28.8 Å². The molecule has 134 valence electrons. The summed E-state index contributed by atoms with van der Waals surface area (Å²) in [5.74, 6) is 6.66. The lowest BCUT2D eigenvalue weighted by Crippen LogP contribution is -2.27. The molecule has 0 saturated heterocycles. The summed E-state index contributed by atoms with van der Waals surface area (Å²) in [4.78, 5) is 11.0. The summed E-state index contributed by atoms with van der Waals surface area (Å²) in [6, 6.07) is 5.77. The van der Waals surface area contributed by atoms with Crippen LogP contribution in [-0.2, 0) is 11.8 Å². The van der Waals surface area contributed by atoms with E-state index in [4.69, 9.17) is 5.73 Å². The molecule has 0 amide bonds. The van der Waals surface area contributed by atoms with Crippen LogP contribution in [0.2, 0.25) is 0 Å². The lowest BCUT2D eigenvalue weighted by atomic mass is 9.72. The predicted molar refractivity (Wildman–Crippen MR) is 110 cm³/mol. The normalized spacial score (nSPS) is 20.9. The van der Waals surface area contributed by atoms with Crippen LogP contribution in [0.15, 0.2) is 72.1 Å². The molecule has 3 nitrogen and oxygen atoms in total. The second kappa shape index (κ2) is 8.49.